The van der Waals surface area contributed by atoms with Crippen LogP contribution in [0.2, 0.25) is 0 Å². The summed E-state index contributed by atoms with van der Waals surface area (Å²) in [6, 6.07) is 10.9. The van der Waals surface area contributed by atoms with E-state index in [1.165, 1.54) is 56.9 Å². The van der Waals surface area contributed by atoms with Crippen LogP contribution in [-0.2, 0) is 17.3 Å². The molecule has 2 N–H and O–H groups in total. The molecule has 0 heterocycles. The van der Waals surface area contributed by atoms with Crippen LogP contribution < -0.4 is 5.14 Å². The Morgan fingerprint density at radius 1 is 1.14 bits per heavy atom. The lowest BCUT2D eigenvalue weighted by Gasteiger charge is -2.27. The Labute approximate surface area is 131 Å². The van der Waals surface area contributed by atoms with Crippen molar-refractivity contribution in [3.63, 3.8) is 0 Å². The number of aryl methyl sites for hydroxylation is 1. The molecular formula is C17H29NO2S. The highest BCUT2D eigenvalue weighted by Crippen LogP contribution is 2.32. The van der Waals surface area contributed by atoms with E-state index in [0.29, 0.717) is 0 Å². The molecule has 4 heteroatoms. The molecule has 0 saturated heterocycles. The van der Waals surface area contributed by atoms with E-state index >= 15 is 0 Å². The van der Waals surface area contributed by atoms with Crippen molar-refractivity contribution >= 4 is 10.9 Å². The highest BCUT2D eigenvalue weighted by atomic mass is 32.2. The molecule has 120 valence electrons. The Hall–Kier alpha value is -0.870. The lowest BCUT2D eigenvalue weighted by Crippen LogP contribution is -2.15. The fourth-order valence-corrected chi connectivity index (χ4v) is 3.21. The largest absolute Gasteiger partial charge is 0.231 e. The van der Waals surface area contributed by atoms with Crippen LogP contribution in [0.15, 0.2) is 30.3 Å². The minimum Gasteiger partial charge on any atom is -0.231 e. The number of thiol groups is 1. The van der Waals surface area contributed by atoms with Gasteiger partial charge in [-0.2, -0.15) is 0 Å². The quantitative estimate of drug-likeness (QED) is 0.815. The summed E-state index contributed by atoms with van der Waals surface area (Å²) in [7, 11) is -2.62. The number of rotatable bonds is 5. The van der Waals surface area contributed by atoms with Crippen LogP contribution in [0.25, 0.3) is 0 Å². The predicted molar refractivity (Wildman–Crippen MR) is 89.6 cm³/mol. The first-order valence-electron chi connectivity index (χ1n) is 8.02. The van der Waals surface area contributed by atoms with Gasteiger partial charge in [-0.05, 0) is 30.2 Å². The van der Waals surface area contributed by atoms with Crippen LogP contribution in [0.4, 0.5) is 0 Å². The Kier molecular flexibility index (Phi) is 9.35. The molecule has 1 fully saturated rings. The van der Waals surface area contributed by atoms with Crippen molar-refractivity contribution in [3.05, 3.63) is 35.9 Å². The zero-order valence-corrected chi connectivity index (χ0v) is 13.9. The first-order valence-corrected chi connectivity index (χ1v) is 9.27. The zero-order chi connectivity index (χ0) is 15.5. The number of hydrogen-bond acceptors (Lipinski definition) is 2. The average Bonchev–Trinajstić information content (AvgIpc) is 2.48. The van der Waals surface area contributed by atoms with E-state index in [9.17, 15) is 0 Å². The van der Waals surface area contributed by atoms with Crippen LogP contribution in [0.3, 0.4) is 0 Å². The lowest BCUT2D eigenvalue weighted by atomic mass is 9.79. The van der Waals surface area contributed by atoms with E-state index in [4.69, 9.17) is 8.42 Å². The van der Waals surface area contributed by atoms with E-state index in [1.54, 1.807) is 0 Å². The van der Waals surface area contributed by atoms with Crippen molar-refractivity contribution in [3.8, 4) is 0 Å². The van der Waals surface area contributed by atoms with Crippen LogP contribution >= 0.6 is 0 Å². The molecule has 0 amide bonds. The van der Waals surface area contributed by atoms with Gasteiger partial charge in [0.2, 0.25) is 0 Å². The summed E-state index contributed by atoms with van der Waals surface area (Å²) in [4.78, 5) is 0. The van der Waals surface area contributed by atoms with Crippen LogP contribution in [0, 0.1) is 11.8 Å². The molecule has 0 aliphatic heterocycles. The van der Waals surface area contributed by atoms with E-state index in [2.05, 4.69) is 42.4 Å². The second-order valence-electron chi connectivity index (χ2n) is 6.04. The number of benzene rings is 1. The Morgan fingerprint density at radius 3 is 2.29 bits per heavy atom. The number of nitrogens with two attached hydrogens (primary N) is 1. The maximum absolute atomic E-state index is 8.81. The normalized spacial score (nSPS) is 17.1. The third kappa shape index (κ3) is 8.89. The molecule has 0 radical (unpaired) electrons. The van der Waals surface area contributed by atoms with Crippen LogP contribution in [-0.4, -0.2) is 8.42 Å². The first-order chi connectivity index (χ1) is 10.1. The molecule has 1 unspecified atom stereocenters. The van der Waals surface area contributed by atoms with Gasteiger partial charge in [-0.1, -0.05) is 75.8 Å². The third-order valence-electron chi connectivity index (χ3n) is 4.42. The summed E-state index contributed by atoms with van der Waals surface area (Å²) in [5, 5.41) is 4.06. The van der Waals surface area contributed by atoms with Gasteiger partial charge in [0.25, 0.3) is 0 Å². The Bertz CT molecular complexity index is 431. The van der Waals surface area contributed by atoms with Gasteiger partial charge in [-0.15, -0.1) is 0 Å². The van der Waals surface area contributed by atoms with Crippen LogP contribution in [0.1, 0.15) is 57.4 Å². The summed E-state index contributed by atoms with van der Waals surface area (Å²) in [5.74, 6) is 1.97. The minimum absolute atomic E-state index is 0.944. The van der Waals surface area contributed by atoms with Crippen molar-refractivity contribution in [1.29, 1.82) is 0 Å². The minimum atomic E-state index is -2.62. The van der Waals surface area contributed by atoms with Gasteiger partial charge in [0.15, 0.2) is 10.9 Å². The molecule has 0 bridgehead atoms. The summed E-state index contributed by atoms with van der Waals surface area (Å²) >= 11 is 0. The standard InChI is InChI=1S/C17H26.H3NO2S/c1-15(17-13-6-3-7-14-17)9-8-12-16-10-4-2-5-11-16;1-4(2)3/h2,4-5,10-11,15,17H,3,6-9,12-14H2,1H3;4H,(H2,1,2,3). The maximum Gasteiger partial charge on any atom is 0.198 e. The van der Waals surface area contributed by atoms with Crippen molar-refractivity contribution in [2.24, 2.45) is 17.0 Å². The number of hydrogen-bond donors (Lipinski definition) is 2. The second-order valence-corrected chi connectivity index (χ2v) is 6.61. The molecule has 1 saturated carbocycles. The van der Waals surface area contributed by atoms with Gasteiger partial charge < -0.3 is 0 Å². The van der Waals surface area contributed by atoms with Gasteiger partial charge in [0.05, 0.1) is 0 Å². The lowest BCUT2D eigenvalue weighted by molar-refractivity contribution is 0.249. The highest BCUT2D eigenvalue weighted by Gasteiger charge is 2.19. The predicted octanol–water partition coefficient (Wildman–Crippen LogP) is 3.70. The fourth-order valence-electron chi connectivity index (χ4n) is 3.21. The molecule has 1 atom stereocenters. The second kappa shape index (κ2) is 10.8. The molecule has 1 aliphatic rings. The Balaban J connectivity index is 0.000000491. The summed E-state index contributed by atoms with van der Waals surface area (Å²) in [6.07, 6.45) is 11.5. The van der Waals surface area contributed by atoms with Gasteiger partial charge in [0, 0.05) is 0 Å². The van der Waals surface area contributed by atoms with Gasteiger partial charge in [-0.3, -0.25) is 0 Å². The van der Waals surface area contributed by atoms with E-state index in [0.717, 1.165) is 11.8 Å². The fraction of sp³-hybridized carbons (Fsp3) is 0.647. The van der Waals surface area contributed by atoms with E-state index < -0.39 is 10.9 Å². The highest BCUT2D eigenvalue weighted by molar-refractivity contribution is 7.69. The maximum atomic E-state index is 8.81. The smallest absolute Gasteiger partial charge is 0.198 e. The molecule has 0 aromatic heterocycles. The molecule has 3 nitrogen and oxygen atoms in total. The van der Waals surface area contributed by atoms with E-state index in [1.807, 2.05) is 0 Å². The van der Waals surface area contributed by atoms with Crippen molar-refractivity contribution in [1.82, 2.24) is 0 Å². The van der Waals surface area contributed by atoms with Crippen LogP contribution in [0.5, 0.6) is 0 Å². The van der Waals surface area contributed by atoms with Crippen molar-refractivity contribution in [2.75, 3.05) is 0 Å². The first kappa shape index (κ1) is 18.2. The molecular weight excluding hydrogens is 282 g/mol. The van der Waals surface area contributed by atoms with Gasteiger partial charge >= 0.3 is 0 Å². The van der Waals surface area contributed by atoms with Gasteiger partial charge in [0.1, 0.15) is 0 Å². The molecule has 1 aliphatic carbocycles. The summed E-state index contributed by atoms with van der Waals surface area (Å²) in [6.45, 7) is 2.47. The van der Waals surface area contributed by atoms with Crippen molar-refractivity contribution in [2.45, 2.75) is 58.3 Å². The van der Waals surface area contributed by atoms with Crippen molar-refractivity contribution < 1.29 is 8.42 Å². The summed E-state index contributed by atoms with van der Waals surface area (Å²) in [5.41, 5.74) is 1.50. The summed E-state index contributed by atoms with van der Waals surface area (Å²) < 4.78 is 17.6. The average molecular weight is 311 g/mol. The monoisotopic (exact) mass is 311 g/mol. The Morgan fingerprint density at radius 2 is 1.71 bits per heavy atom. The topological polar surface area (TPSA) is 60.2 Å². The zero-order valence-electron chi connectivity index (χ0n) is 13.0. The SMILES string of the molecule is CC(CCCc1ccccc1)C1CCCCC1.N[SH](=O)=O. The molecule has 1 aromatic carbocycles. The molecule has 1 aromatic rings. The molecule has 2 rings (SSSR count). The third-order valence-corrected chi connectivity index (χ3v) is 4.42. The molecule has 0 spiro atoms. The van der Waals surface area contributed by atoms with Gasteiger partial charge in [-0.25, -0.2) is 13.6 Å². The molecule has 21 heavy (non-hydrogen) atoms. The van der Waals surface area contributed by atoms with E-state index in [-0.39, 0.29) is 0 Å².